The minimum Gasteiger partial charge on any atom is -0.434 e. The van der Waals surface area contributed by atoms with E-state index in [0.29, 0.717) is 28.2 Å². The summed E-state index contributed by atoms with van der Waals surface area (Å²) in [5.41, 5.74) is 2.03. The number of halogens is 2. The number of aromatic amines is 1. The maximum Gasteiger partial charge on any atom is 0.387 e. The summed E-state index contributed by atoms with van der Waals surface area (Å²) in [6.07, 6.45) is 1.96. The molecule has 1 amide bonds. The van der Waals surface area contributed by atoms with E-state index in [2.05, 4.69) is 21.8 Å². The first-order chi connectivity index (χ1) is 16.2. The van der Waals surface area contributed by atoms with E-state index < -0.39 is 18.1 Å². The van der Waals surface area contributed by atoms with E-state index in [-0.39, 0.29) is 23.0 Å². The summed E-state index contributed by atoms with van der Waals surface area (Å²) < 4.78 is 33.5. The number of aryl methyl sites for hydroxylation is 1. The molecule has 1 atom stereocenters. The quantitative estimate of drug-likeness (QED) is 0.558. The number of benzene rings is 1. The maximum absolute atomic E-state index is 13.8. The molecule has 3 heterocycles. The summed E-state index contributed by atoms with van der Waals surface area (Å²) in [6, 6.07) is 8.27. The van der Waals surface area contributed by atoms with Gasteiger partial charge in [0, 0.05) is 24.5 Å². The van der Waals surface area contributed by atoms with E-state index in [1.54, 1.807) is 25.1 Å². The molecule has 1 unspecified atom stereocenters. The zero-order chi connectivity index (χ0) is 24.6. The van der Waals surface area contributed by atoms with Crippen molar-refractivity contribution in [1.82, 2.24) is 14.9 Å². The van der Waals surface area contributed by atoms with E-state index in [9.17, 15) is 18.4 Å². The molecule has 3 aromatic rings. The molecule has 2 N–H and O–H groups in total. The van der Waals surface area contributed by atoms with Gasteiger partial charge in [0.05, 0.1) is 16.5 Å². The Morgan fingerprint density at radius 3 is 2.53 bits per heavy atom. The van der Waals surface area contributed by atoms with Crippen LogP contribution in [0.15, 0.2) is 35.1 Å². The average Bonchev–Trinajstić information content (AvgIpc) is 3.10. The van der Waals surface area contributed by atoms with Crippen molar-refractivity contribution in [2.24, 2.45) is 5.92 Å². The fourth-order valence-electron chi connectivity index (χ4n) is 5.08. The molecule has 1 aliphatic heterocycles. The SMILES string of the molecule is Cc1ccc(N(C)C(=O)c2c(C)n(C(C)C3CCNCC3)c3cccc(OC(F)F)c23)c(=O)[nH]1. The molecule has 1 fully saturated rings. The standard InChI is InChI=1S/C25H30F2N4O3/c1-14-8-9-19(23(32)29-14)30(4)24(33)21-16(3)31(15(2)17-10-12-28-13-11-17)18-6-5-7-20(22(18)21)34-25(26)27/h5-9,15,17,25,28H,10-13H2,1-4H3,(H,29,32). The molecule has 1 aliphatic rings. The van der Waals surface area contributed by atoms with Gasteiger partial charge in [0.1, 0.15) is 11.4 Å². The Kier molecular flexibility index (Phi) is 6.74. The first kappa shape index (κ1) is 23.9. The lowest BCUT2D eigenvalue weighted by atomic mass is 9.91. The number of nitrogens with one attached hydrogen (secondary N) is 2. The number of hydrogen-bond acceptors (Lipinski definition) is 4. The van der Waals surface area contributed by atoms with Crippen LogP contribution in [-0.2, 0) is 0 Å². The number of alkyl halides is 2. The maximum atomic E-state index is 13.8. The van der Waals surface area contributed by atoms with Crippen molar-refractivity contribution < 1.29 is 18.3 Å². The molecule has 4 rings (SSSR count). The molecule has 0 saturated carbocycles. The molecule has 0 spiro atoms. The Morgan fingerprint density at radius 1 is 1.18 bits per heavy atom. The third kappa shape index (κ3) is 4.32. The number of ether oxygens (including phenoxy) is 1. The van der Waals surface area contributed by atoms with Gasteiger partial charge in [-0.1, -0.05) is 6.07 Å². The van der Waals surface area contributed by atoms with Gasteiger partial charge in [0.2, 0.25) is 0 Å². The smallest absolute Gasteiger partial charge is 0.387 e. The Morgan fingerprint density at radius 2 is 1.88 bits per heavy atom. The zero-order valence-corrected chi connectivity index (χ0v) is 19.8. The number of carbonyl (C=O) groups excluding carboxylic acids is 1. The lowest BCUT2D eigenvalue weighted by Gasteiger charge is -2.31. The Bertz CT molecular complexity index is 1260. The Labute approximate surface area is 196 Å². The van der Waals surface area contributed by atoms with Crippen molar-refractivity contribution in [3.8, 4) is 5.75 Å². The molecule has 1 aromatic carbocycles. The molecule has 0 bridgehead atoms. The molecule has 0 radical (unpaired) electrons. The molecular formula is C25H30F2N4O3. The number of nitrogens with zero attached hydrogens (tertiary/aromatic N) is 2. The van der Waals surface area contributed by atoms with Crippen molar-refractivity contribution in [2.45, 2.75) is 46.3 Å². The number of anilines is 1. The van der Waals surface area contributed by atoms with Crippen LogP contribution in [0, 0.1) is 19.8 Å². The number of rotatable bonds is 6. The summed E-state index contributed by atoms with van der Waals surface area (Å²) in [7, 11) is 1.51. The normalized spacial score (nSPS) is 15.6. The molecule has 7 nitrogen and oxygen atoms in total. The number of hydrogen-bond donors (Lipinski definition) is 2. The van der Waals surface area contributed by atoms with Crippen LogP contribution in [0.25, 0.3) is 10.9 Å². The largest absolute Gasteiger partial charge is 0.434 e. The highest BCUT2D eigenvalue weighted by molar-refractivity contribution is 6.16. The summed E-state index contributed by atoms with van der Waals surface area (Å²) in [4.78, 5) is 30.2. The first-order valence-corrected chi connectivity index (χ1v) is 11.5. The highest BCUT2D eigenvalue weighted by Gasteiger charge is 2.31. The second-order valence-corrected chi connectivity index (χ2v) is 8.91. The molecule has 1 saturated heterocycles. The van der Waals surface area contributed by atoms with Gasteiger partial charge >= 0.3 is 6.61 Å². The van der Waals surface area contributed by atoms with Crippen LogP contribution in [0.3, 0.4) is 0 Å². The van der Waals surface area contributed by atoms with Crippen LogP contribution >= 0.6 is 0 Å². The van der Waals surface area contributed by atoms with Gasteiger partial charge < -0.3 is 24.5 Å². The van der Waals surface area contributed by atoms with Gasteiger partial charge in [0.15, 0.2) is 0 Å². The molecule has 2 aromatic heterocycles. The van der Waals surface area contributed by atoms with Crippen LogP contribution in [0.2, 0.25) is 0 Å². The predicted octanol–water partition coefficient (Wildman–Crippen LogP) is 4.39. The fraction of sp³-hybridized carbons (Fsp3) is 0.440. The predicted molar refractivity (Wildman–Crippen MR) is 128 cm³/mol. The second kappa shape index (κ2) is 9.58. The minimum absolute atomic E-state index is 0.0426. The zero-order valence-electron chi connectivity index (χ0n) is 19.8. The van der Waals surface area contributed by atoms with Crippen molar-refractivity contribution >= 4 is 22.5 Å². The number of pyridine rings is 1. The summed E-state index contributed by atoms with van der Waals surface area (Å²) in [6.45, 7) is 4.48. The molecule has 0 aliphatic carbocycles. The van der Waals surface area contributed by atoms with E-state index in [1.165, 1.54) is 18.0 Å². The van der Waals surface area contributed by atoms with Crippen LogP contribution in [0.5, 0.6) is 5.75 Å². The number of carbonyl (C=O) groups is 1. The highest BCUT2D eigenvalue weighted by atomic mass is 19.3. The molecule has 182 valence electrons. The number of aromatic nitrogens is 2. The van der Waals surface area contributed by atoms with Gasteiger partial charge in [-0.05, 0) is 76.9 Å². The number of H-pyrrole nitrogens is 1. The first-order valence-electron chi connectivity index (χ1n) is 11.5. The van der Waals surface area contributed by atoms with Gasteiger partial charge in [0.25, 0.3) is 11.5 Å². The van der Waals surface area contributed by atoms with E-state index in [1.807, 2.05) is 13.0 Å². The summed E-state index contributed by atoms with van der Waals surface area (Å²) in [5.74, 6) is -0.143. The van der Waals surface area contributed by atoms with Gasteiger partial charge in [-0.2, -0.15) is 8.78 Å². The number of fused-ring (bicyclic) bond motifs is 1. The minimum atomic E-state index is -3.03. The van der Waals surface area contributed by atoms with E-state index in [0.717, 1.165) is 25.9 Å². The van der Waals surface area contributed by atoms with Crippen LogP contribution in [0.1, 0.15) is 47.6 Å². The van der Waals surface area contributed by atoms with Gasteiger partial charge in [-0.25, -0.2) is 0 Å². The average molecular weight is 473 g/mol. The van der Waals surface area contributed by atoms with E-state index in [4.69, 9.17) is 4.74 Å². The van der Waals surface area contributed by atoms with E-state index >= 15 is 0 Å². The van der Waals surface area contributed by atoms with Crippen molar-refractivity contribution in [2.75, 3.05) is 25.0 Å². The Hall–Kier alpha value is -3.20. The van der Waals surface area contributed by atoms with Crippen molar-refractivity contribution in [3.63, 3.8) is 0 Å². The van der Waals surface area contributed by atoms with Crippen molar-refractivity contribution in [1.29, 1.82) is 0 Å². The number of amides is 1. The molecule has 34 heavy (non-hydrogen) atoms. The second-order valence-electron chi connectivity index (χ2n) is 8.91. The molecule has 9 heteroatoms. The highest BCUT2D eigenvalue weighted by Crippen LogP contribution is 2.39. The Balaban J connectivity index is 1.90. The number of piperidine rings is 1. The summed E-state index contributed by atoms with van der Waals surface area (Å²) >= 11 is 0. The van der Waals surface area contributed by atoms with Crippen LogP contribution in [0.4, 0.5) is 14.5 Å². The van der Waals surface area contributed by atoms with Crippen molar-refractivity contribution in [3.05, 3.63) is 57.6 Å². The monoisotopic (exact) mass is 472 g/mol. The van der Waals surface area contributed by atoms with Crippen LogP contribution < -0.4 is 20.5 Å². The third-order valence-corrected chi connectivity index (χ3v) is 6.84. The van der Waals surface area contributed by atoms with Gasteiger partial charge in [-0.3, -0.25) is 9.59 Å². The van der Waals surface area contributed by atoms with Crippen LogP contribution in [-0.4, -0.2) is 42.2 Å². The lowest BCUT2D eigenvalue weighted by molar-refractivity contribution is -0.0488. The third-order valence-electron chi connectivity index (χ3n) is 6.84. The lowest BCUT2D eigenvalue weighted by Crippen LogP contribution is -2.33. The fourth-order valence-corrected chi connectivity index (χ4v) is 5.08. The molecular weight excluding hydrogens is 442 g/mol. The topological polar surface area (TPSA) is 79.4 Å². The van der Waals surface area contributed by atoms with Gasteiger partial charge in [-0.15, -0.1) is 0 Å². The summed E-state index contributed by atoms with van der Waals surface area (Å²) in [5, 5.41) is 3.70.